The lowest BCUT2D eigenvalue weighted by atomic mass is 10.1. The van der Waals surface area contributed by atoms with Crippen molar-refractivity contribution in [3.8, 4) is 0 Å². The number of carbonyl (C=O) groups is 2. The molecule has 4 nitrogen and oxygen atoms in total. The summed E-state index contributed by atoms with van der Waals surface area (Å²) in [6, 6.07) is 10.0. The molecule has 1 N–H and O–H groups in total. The van der Waals surface area contributed by atoms with Gasteiger partial charge in [0.1, 0.15) is 0 Å². The van der Waals surface area contributed by atoms with Crippen LogP contribution in [0, 0.1) is 6.92 Å². The van der Waals surface area contributed by atoms with E-state index in [-0.39, 0.29) is 5.91 Å². The molecule has 6 heteroatoms. The molecule has 0 radical (unpaired) electrons. The van der Waals surface area contributed by atoms with Gasteiger partial charge >= 0.3 is 5.97 Å². The molecule has 0 aliphatic heterocycles. The summed E-state index contributed by atoms with van der Waals surface area (Å²) >= 11 is 11.9. The first kappa shape index (κ1) is 19.0. The molecule has 0 spiro atoms. The van der Waals surface area contributed by atoms with E-state index in [0.717, 1.165) is 5.56 Å². The molecule has 0 heterocycles. The summed E-state index contributed by atoms with van der Waals surface area (Å²) in [6.45, 7) is 3.87. The fourth-order valence-corrected chi connectivity index (χ4v) is 2.55. The van der Waals surface area contributed by atoms with Crippen LogP contribution in [0.3, 0.4) is 0 Å². The Hall–Kier alpha value is -2.30. The molecular weight excluding hydrogens is 361 g/mol. The van der Waals surface area contributed by atoms with Gasteiger partial charge in [0, 0.05) is 21.8 Å². The number of amides is 1. The second-order valence-electron chi connectivity index (χ2n) is 5.24. The molecular formula is C19H17Cl2NO3. The highest BCUT2D eigenvalue weighted by Crippen LogP contribution is 2.22. The monoisotopic (exact) mass is 377 g/mol. The third-order valence-corrected chi connectivity index (χ3v) is 3.95. The maximum atomic E-state index is 12.1. The highest BCUT2D eigenvalue weighted by molar-refractivity contribution is 6.35. The van der Waals surface area contributed by atoms with Crippen molar-refractivity contribution in [1.82, 2.24) is 0 Å². The van der Waals surface area contributed by atoms with Gasteiger partial charge in [-0.3, -0.25) is 4.79 Å². The fourth-order valence-electron chi connectivity index (χ4n) is 2.07. The third-order valence-electron chi connectivity index (χ3n) is 3.38. The van der Waals surface area contributed by atoms with Gasteiger partial charge in [0.15, 0.2) is 0 Å². The van der Waals surface area contributed by atoms with Crippen LogP contribution >= 0.6 is 23.2 Å². The van der Waals surface area contributed by atoms with Gasteiger partial charge < -0.3 is 10.1 Å². The van der Waals surface area contributed by atoms with Crippen LogP contribution < -0.4 is 5.32 Å². The second-order valence-corrected chi connectivity index (χ2v) is 6.08. The minimum atomic E-state index is -0.429. The van der Waals surface area contributed by atoms with Crippen molar-refractivity contribution in [3.63, 3.8) is 0 Å². The Morgan fingerprint density at radius 1 is 1.16 bits per heavy atom. The molecule has 0 saturated heterocycles. The number of ether oxygens (including phenoxy) is 1. The Balaban J connectivity index is 2.13. The van der Waals surface area contributed by atoms with Crippen molar-refractivity contribution in [3.05, 3.63) is 69.2 Å². The highest BCUT2D eigenvalue weighted by atomic mass is 35.5. The van der Waals surface area contributed by atoms with Gasteiger partial charge in [-0.05, 0) is 55.3 Å². The van der Waals surface area contributed by atoms with E-state index in [4.69, 9.17) is 27.9 Å². The summed E-state index contributed by atoms with van der Waals surface area (Å²) in [5.74, 6) is -0.767. The molecule has 0 bridgehead atoms. The summed E-state index contributed by atoms with van der Waals surface area (Å²) in [5.41, 5.74) is 2.44. The van der Waals surface area contributed by atoms with Crippen LogP contribution in [-0.4, -0.2) is 18.5 Å². The third kappa shape index (κ3) is 5.34. The summed E-state index contributed by atoms with van der Waals surface area (Å²) in [5, 5.41) is 3.73. The minimum absolute atomic E-state index is 0.291. The number of rotatable bonds is 5. The van der Waals surface area contributed by atoms with Gasteiger partial charge in [0.25, 0.3) is 0 Å². The number of halogens is 2. The zero-order valence-corrected chi connectivity index (χ0v) is 15.3. The molecule has 25 heavy (non-hydrogen) atoms. The van der Waals surface area contributed by atoms with Crippen LogP contribution in [0.15, 0.2) is 42.5 Å². The molecule has 0 unspecified atom stereocenters. The van der Waals surface area contributed by atoms with Gasteiger partial charge in [0.05, 0.1) is 12.2 Å². The van der Waals surface area contributed by atoms with Crippen molar-refractivity contribution >= 4 is 46.8 Å². The molecule has 0 aliphatic carbocycles. The van der Waals surface area contributed by atoms with Crippen LogP contribution in [0.1, 0.15) is 28.4 Å². The van der Waals surface area contributed by atoms with Gasteiger partial charge in [-0.25, -0.2) is 4.79 Å². The van der Waals surface area contributed by atoms with Gasteiger partial charge in [-0.1, -0.05) is 35.3 Å². The number of hydrogen-bond donors (Lipinski definition) is 1. The lowest BCUT2D eigenvalue weighted by Crippen LogP contribution is -2.11. The summed E-state index contributed by atoms with van der Waals surface area (Å²) in [6.07, 6.45) is 2.96. The van der Waals surface area contributed by atoms with Gasteiger partial charge in [-0.2, -0.15) is 0 Å². The van der Waals surface area contributed by atoms with Crippen molar-refractivity contribution in [2.45, 2.75) is 13.8 Å². The van der Waals surface area contributed by atoms with E-state index in [0.29, 0.717) is 33.5 Å². The van der Waals surface area contributed by atoms with E-state index < -0.39 is 5.97 Å². The molecule has 0 saturated carbocycles. The topological polar surface area (TPSA) is 55.4 Å². The molecule has 130 valence electrons. The van der Waals surface area contributed by atoms with E-state index in [1.165, 1.54) is 6.08 Å². The molecule has 2 aromatic carbocycles. The number of carbonyl (C=O) groups excluding carboxylic acids is 2. The Kier molecular flexibility index (Phi) is 6.62. The van der Waals surface area contributed by atoms with Crippen molar-refractivity contribution < 1.29 is 14.3 Å². The number of anilines is 1. The van der Waals surface area contributed by atoms with E-state index >= 15 is 0 Å². The summed E-state index contributed by atoms with van der Waals surface area (Å²) in [4.78, 5) is 23.9. The first-order chi connectivity index (χ1) is 11.9. The van der Waals surface area contributed by atoms with Crippen molar-refractivity contribution in [2.24, 2.45) is 0 Å². The van der Waals surface area contributed by atoms with Gasteiger partial charge in [-0.15, -0.1) is 0 Å². The molecule has 2 aromatic rings. The lowest BCUT2D eigenvalue weighted by Gasteiger charge is -2.09. The largest absolute Gasteiger partial charge is 0.462 e. The van der Waals surface area contributed by atoms with E-state index in [2.05, 4.69) is 5.32 Å². The SMILES string of the molecule is CCOC(=O)c1ccc(C)c(NC(=O)/C=C/c2ccc(Cl)cc2Cl)c1. The maximum Gasteiger partial charge on any atom is 0.338 e. The summed E-state index contributed by atoms with van der Waals surface area (Å²) < 4.78 is 4.96. The van der Waals surface area contributed by atoms with Crippen LogP contribution in [0.4, 0.5) is 5.69 Å². The number of hydrogen-bond acceptors (Lipinski definition) is 3. The second kappa shape index (κ2) is 8.70. The van der Waals surface area contributed by atoms with Crippen LogP contribution in [0.25, 0.3) is 6.08 Å². The maximum absolute atomic E-state index is 12.1. The smallest absolute Gasteiger partial charge is 0.338 e. The molecule has 0 aliphatic rings. The van der Waals surface area contributed by atoms with Crippen molar-refractivity contribution in [1.29, 1.82) is 0 Å². The number of nitrogens with one attached hydrogen (secondary N) is 1. The molecule has 1 amide bonds. The normalized spacial score (nSPS) is 10.7. The molecule has 0 fully saturated rings. The van der Waals surface area contributed by atoms with Crippen LogP contribution in [0.2, 0.25) is 10.0 Å². The zero-order chi connectivity index (χ0) is 18.4. The van der Waals surface area contributed by atoms with Gasteiger partial charge in [0.2, 0.25) is 5.91 Å². The van der Waals surface area contributed by atoms with E-state index in [1.807, 2.05) is 6.92 Å². The molecule has 0 aromatic heterocycles. The average Bonchev–Trinajstić information content (AvgIpc) is 2.56. The van der Waals surface area contributed by atoms with E-state index in [1.54, 1.807) is 49.4 Å². The van der Waals surface area contributed by atoms with Crippen LogP contribution in [0.5, 0.6) is 0 Å². The fraction of sp³-hybridized carbons (Fsp3) is 0.158. The summed E-state index contributed by atoms with van der Waals surface area (Å²) in [7, 11) is 0. The predicted octanol–water partition coefficient (Wildman–Crippen LogP) is 5.13. The Morgan fingerprint density at radius 2 is 1.92 bits per heavy atom. The molecule has 0 atom stereocenters. The number of aryl methyl sites for hydroxylation is 1. The Bertz CT molecular complexity index is 831. The predicted molar refractivity (Wildman–Crippen MR) is 101 cm³/mol. The highest BCUT2D eigenvalue weighted by Gasteiger charge is 2.10. The Labute approximate surface area is 156 Å². The first-order valence-corrected chi connectivity index (χ1v) is 8.38. The average molecular weight is 378 g/mol. The molecule has 2 rings (SSSR count). The van der Waals surface area contributed by atoms with Crippen LogP contribution in [-0.2, 0) is 9.53 Å². The first-order valence-electron chi connectivity index (χ1n) is 7.62. The minimum Gasteiger partial charge on any atom is -0.462 e. The standard InChI is InChI=1S/C19H17Cl2NO3/c1-3-25-19(24)14-5-4-12(2)17(10-14)22-18(23)9-7-13-6-8-15(20)11-16(13)21/h4-11H,3H2,1-2H3,(H,22,23)/b9-7+. The Morgan fingerprint density at radius 3 is 2.60 bits per heavy atom. The number of benzene rings is 2. The lowest BCUT2D eigenvalue weighted by molar-refractivity contribution is -0.111. The quantitative estimate of drug-likeness (QED) is 0.580. The van der Waals surface area contributed by atoms with Crippen molar-refractivity contribution in [2.75, 3.05) is 11.9 Å². The van der Waals surface area contributed by atoms with E-state index in [9.17, 15) is 9.59 Å². The zero-order valence-electron chi connectivity index (χ0n) is 13.8. The number of esters is 1.